The van der Waals surface area contributed by atoms with E-state index >= 15 is 0 Å². The maximum Gasteiger partial charge on any atom is 0.573 e. The van der Waals surface area contributed by atoms with E-state index in [-0.39, 0.29) is 11.4 Å². The monoisotopic (exact) mass is 480 g/mol. The molecule has 0 atom stereocenters. The molecule has 5 nitrogen and oxygen atoms in total. The molecule has 0 unspecified atom stereocenters. The third-order valence-corrected chi connectivity index (χ3v) is 5.81. The van der Waals surface area contributed by atoms with E-state index < -0.39 is 6.36 Å². The number of aromatic nitrogens is 2. The van der Waals surface area contributed by atoms with Crippen molar-refractivity contribution in [2.45, 2.75) is 19.5 Å². The Bertz CT molecular complexity index is 1390. The first-order valence-electron chi connectivity index (χ1n) is 10.3. The first-order valence-corrected chi connectivity index (χ1v) is 10.7. The van der Waals surface area contributed by atoms with Crippen molar-refractivity contribution in [2.24, 2.45) is 0 Å². The van der Waals surface area contributed by atoms with Crippen LogP contribution in [0.2, 0.25) is 5.02 Å². The second kappa shape index (κ2) is 8.43. The fourth-order valence-corrected chi connectivity index (χ4v) is 4.19. The number of fused-ring (bicyclic) bond motifs is 1. The summed E-state index contributed by atoms with van der Waals surface area (Å²) in [5.74, 6) is -0.338. The normalized spacial score (nSPS) is 13.0. The molecule has 0 radical (unpaired) electrons. The number of rotatable bonds is 4. The van der Waals surface area contributed by atoms with Gasteiger partial charge in [0.25, 0.3) is 0 Å². The molecule has 2 heterocycles. The molecule has 0 N–H and O–H groups in total. The SMILES string of the molecule is N#Cc1ccc(N2Cc3nn(-c4ccccc4OC(F)(F)F)c(-c4ccc(Cl)cc4)c3C2)cc1. The minimum absolute atomic E-state index is 0.184. The van der Waals surface area contributed by atoms with Crippen molar-refractivity contribution >= 4 is 17.3 Å². The molecule has 4 aromatic rings. The van der Waals surface area contributed by atoms with Crippen LogP contribution in [0.4, 0.5) is 18.9 Å². The number of nitrogens with zero attached hydrogens (tertiary/aromatic N) is 4. The molecule has 0 amide bonds. The van der Waals surface area contributed by atoms with Gasteiger partial charge in [0.15, 0.2) is 5.75 Å². The highest BCUT2D eigenvalue weighted by Crippen LogP contribution is 2.39. The molecule has 0 bridgehead atoms. The summed E-state index contributed by atoms with van der Waals surface area (Å²) in [6.45, 7) is 0.971. The molecule has 0 aliphatic carbocycles. The lowest BCUT2D eigenvalue weighted by Crippen LogP contribution is -2.19. The van der Waals surface area contributed by atoms with Crippen molar-refractivity contribution in [2.75, 3.05) is 4.90 Å². The fourth-order valence-electron chi connectivity index (χ4n) is 4.07. The summed E-state index contributed by atoms with van der Waals surface area (Å²) in [7, 11) is 0. The highest BCUT2D eigenvalue weighted by atomic mass is 35.5. The van der Waals surface area contributed by atoms with Gasteiger partial charge in [0.1, 0.15) is 5.69 Å². The van der Waals surface area contributed by atoms with E-state index in [0.717, 1.165) is 22.5 Å². The van der Waals surface area contributed by atoms with Crippen LogP contribution in [-0.2, 0) is 13.1 Å². The lowest BCUT2D eigenvalue weighted by atomic mass is 10.1. The maximum absolute atomic E-state index is 13.1. The van der Waals surface area contributed by atoms with Crippen LogP contribution >= 0.6 is 11.6 Å². The first kappa shape index (κ1) is 21.9. The quantitative estimate of drug-likeness (QED) is 0.335. The fraction of sp³-hybridized carbons (Fsp3) is 0.120. The summed E-state index contributed by atoms with van der Waals surface area (Å²) in [5.41, 5.74) is 4.75. The van der Waals surface area contributed by atoms with E-state index in [1.165, 1.54) is 16.8 Å². The predicted molar refractivity (Wildman–Crippen MR) is 122 cm³/mol. The molecule has 1 aliphatic rings. The van der Waals surface area contributed by atoms with Crippen LogP contribution in [0.15, 0.2) is 72.8 Å². The number of para-hydroxylation sites is 2. The summed E-state index contributed by atoms with van der Waals surface area (Å²) in [6, 6.07) is 22.3. The van der Waals surface area contributed by atoms with Crippen molar-refractivity contribution in [3.63, 3.8) is 0 Å². The summed E-state index contributed by atoms with van der Waals surface area (Å²) in [5, 5.41) is 14.3. The lowest BCUT2D eigenvalue weighted by Gasteiger charge is -2.20. The van der Waals surface area contributed by atoms with Crippen LogP contribution in [0.25, 0.3) is 16.9 Å². The van der Waals surface area contributed by atoms with Crippen molar-refractivity contribution in [1.29, 1.82) is 5.26 Å². The van der Waals surface area contributed by atoms with Crippen LogP contribution in [0.5, 0.6) is 5.75 Å². The Balaban J connectivity index is 1.61. The van der Waals surface area contributed by atoms with Gasteiger partial charge in [-0.3, -0.25) is 0 Å². The molecule has 9 heteroatoms. The molecule has 3 aromatic carbocycles. The van der Waals surface area contributed by atoms with E-state index in [1.54, 1.807) is 36.4 Å². The van der Waals surface area contributed by atoms with Crippen LogP contribution in [0, 0.1) is 11.3 Å². The summed E-state index contributed by atoms with van der Waals surface area (Å²) < 4.78 is 45.0. The van der Waals surface area contributed by atoms with E-state index in [9.17, 15) is 13.2 Å². The maximum atomic E-state index is 13.1. The van der Waals surface area contributed by atoms with Gasteiger partial charge in [0.2, 0.25) is 0 Å². The third-order valence-electron chi connectivity index (χ3n) is 5.55. The average Bonchev–Trinajstić information content (AvgIpc) is 3.37. The molecule has 0 fully saturated rings. The number of ether oxygens (including phenoxy) is 1. The van der Waals surface area contributed by atoms with Gasteiger partial charge in [-0.2, -0.15) is 10.4 Å². The molecule has 1 aromatic heterocycles. The van der Waals surface area contributed by atoms with E-state index in [1.807, 2.05) is 24.3 Å². The molecule has 0 saturated carbocycles. The molecule has 170 valence electrons. The Labute approximate surface area is 198 Å². The van der Waals surface area contributed by atoms with Gasteiger partial charge in [0.05, 0.1) is 29.6 Å². The number of benzene rings is 3. The first-order chi connectivity index (χ1) is 16.3. The van der Waals surface area contributed by atoms with Crippen molar-refractivity contribution in [3.05, 3.63) is 94.6 Å². The summed E-state index contributed by atoms with van der Waals surface area (Å²) in [6.07, 6.45) is -4.83. The molecular weight excluding hydrogens is 465 g/mol. The number of anilines is 1. The Hall–Kier alpha value is -3.96. The number of nitriles is 1. The smallest absolute Gasteiger partial charge is 0.403 e. The predicted octanol–water partition coefficient (Wildman–Crippen LogP) is 6.48. The van der Waals surface area contributed by atoms with Crippen LogP contribution in [-0.4, -0.2) is 16.1 Å². The van der Waals surface area contributed by atoms with Crippen LogP contribution in [0.3, 0.4) is 0 Å². The van der Waals surface area contributed by atoms with E-state index in [2.05, 4.69) is 15.7 Å². The number of alkyl halides is 3. The molecular formula is C25H16ClF3N4O. The number of halogens is 4. The molecule has 0 saturated heterocycles. The highest BCUT2D eigenvalue weighted by molar-refractivity contribution is 6.30. The van der Waals surface area contributed by atoms with E-state index in [0.29, 0.717) is 29.4 Å². The minimum atomic E-state index is -4.83. The number of hydrogen-bond acceptors (Lipinski definition) is 4. The van der Waals surface area contributed by atoms with Gasteiger partial charge in [-0.05, 0) is 48.5 Å². The Morgan fingerprint density at radius 1 is 0.941 bits per heavy atom. The second-order valence-electron chi connectivity index (χ2n) is 7.72. The van der Waals surface area contributed by atoms with Gasteiger partial charge in [-0.25, -0.2) is 4.68 Å². The van der Waals surface area contributed by atoms with Crippen molar-refractivity contribution in [3.8, 4) is 28.8 Å². The van der Waals surface area contributed by atoms with Gasteiger partial charge in [-0.15, -0.1) is 13.2 Å². The largest absolute Gasteiger partial charge is 0.573 e. The minimum Gasteiger partial charge on any atom is -0.403 e. The van der Waals surface area contributed by atoms with Crippen molar-refractivity contribution < 1.29 is 17.9 Å². The van der Waals surface area contributed by atoms with Gasteiger partial charge >= 0.3 is 6.36 Å². The zero-order chi connectivity index (χ0) is 23.9. The molecule has 5 rings (SSSR count). The molecule has 1 aliphatic heterocycles. The summed E-state index contributed by atoms with van der Waals surface area (Å²) >= 11 is 6.07. The third kappa shape index (κ3) is 4.18. The Morgan fingerprint density at radius 2 is 1.65 bits per heavy atom. The zero-order valence-corrected chi connectivity index (χ0v) is 18.3. The van der Waals surface area contributed by atoms with Gasteiger partial charge in [0, 0.05) is 28.4 Å². The molecule has 34 heavy (non-hydrogen) atoms. The Morgan fingerprint density at radius 3 is 2.32 bits per heavy atom. The van der Waals surface area contributed by atoms with Crippen LogP contribution < -0.4 is 9.64 Å². The van der Waals surface area contributed by atoms with Crippen LogP contribution in [0.1, 0.15) is 16.8 Å². The van der Waals surface area contributed by atoms with Gasteiger partial charge in [-0.1, -0.05) is 35.9 Å². The van der Waals surface area contributed by atoms with Gasteiger partial charge < -0.3 is 9.64 Å². The van der Waals surface area contributed by atoms with Crippen molar-refractivity contribution in [1.82, 2.24) is 9.78 Å². The Kier molecular flexibility index (Phi) is 5.42. The lowest BCUT2D eigenvalue weighted by molar-refractivity contribution is -0.274. The second-order valence-corrected chi connectivity index (χ2v) is 8.16. The topological polar surface area (TPSA) is 54.1 Å². The highest BCUT2D eigenvalue weighted by Gasteiger charge is 2.34. The number of hydrogen-bond donors (Lipinski definition) is 0. The standard InChI is InChI=1S/C25H16ClF3N4O/c26-18-9-7-17(8-10-18)24-20-14-32(19-11-5-16(13-30)6-12-19)15-21(20)31-33(24)22-3-1-2-4-23(22)34-25(27,28)29/h1-12H,14-15H2. The zero-order valence-electron chi connectivity index (χ0n) is 17.6. The summed E-state index contributed by atoms with van der Waals surface area (Å²) in [4.78, 5) is 2.10. The van der Waals surface area contributed by atoms with E-state index in [4.69, 9.17) is 22.0 Å². The molecule has 0 spiro atoms. The average molecular weight is 481 g/mol.